The molecule has 5 rings (SSSR count). The number of aromatic nitrogens is 1. The summed E-state index contributed by atoms with van der Waals surface area (Å²) in [6.45, 7) is 7.42. The van der Waals surface area contributed by atoms with Crippen LogP contribution >= 0.6 is 0 Å². The molecule has 5 atom stereocenters. The number of aromatic hydroxyl groups is 1. The fourth-order valence-corrected chi connectivity index (χ4v) is 4.62. The van der Waals surface area contributed by atoms with Crippen LogP contribution in [0.1, 0.15) is 31.4 Å². The largest absolute Gasteiger partial charge is 0.508 e. The van der Waals surface area contributed by atoms with Crippen LogP contribution in [0.15, 0.2) is 43.1 Å². The molecule has 1 unspecified atom stereocenters. The quantitative estimate of drug-likeness (QED) is 0.675. The third kappa shape index (κ3) is 2.97. The van der Waals surface area contributed by atoms with Gasteiger partial charge in [0.1, 0.15) is 11.9 Å². The molecule has 136 valence electrons. The molecule has 5 heteroatoms. The number of piperidine rings is 3. The second-order valence-corrected chi connectivity index (χ2v) is 7.38. The minimum atomic E-state index is -0.367. The van der Waals surface area contributed by atoms with Gasteiger partial charge in [-0.05, 0) is 55.5 Å². The zero-order valence-electron chi connectivity index (χ0n) is 15.0. The summed E-state index contributed by atoms with van der Waals surface area (Å²) < 4.78 is 5.83. The SMILES string of the molecule is C=C[C@H]1CN2CC[C@H]1C[C@H]2[C@@H](OC(C)=O)c1ccnc2ccc(O)cc12. The van der Waals surface area contributed by atoms with E-state index in [-0.39, 0.29) is 23.9 Å². The molecular formula is C21H24N2O3. The van der Waals surface area contributed by atoms with E-state index in [0.29, 0.717) is 11.8 Å². The Labute approximate surface area is 153 Å². The van der Waals surface area contributed by atoms with Crippen LogP contribution < -0.4 is 0 Å². The molecule has 3 aliphatic rings. The Morgan fingerprint density at radius 3 is 3.00 bits per heavy atom. The molecule has 5 nitrogen and oxygen atoms in total. The number of benzene rings is 1. The van der Waals surface area contributed by atoms with Crippen molar-refractivity contribution in [1.29, 1.82) is 0 Å². The van der Waals surface area contributed by atoms with Crippen molar-refractivity contribution >= 4 is 16.9 Å². The average Bonchev–Trinajstić information content (AvgIpc) is 2.65. The number of phenolic OH excluding ortho intramolecular Hbond substituents is 1. The number of carbonyl (C=O) groups excluding carboxylic acids is 1. The van der Waals surface area contributed by atoms with E-state index in [1.54, 1.807) is 24.4 Å². The highest BCUT2D eigenvalue weighted by Gasteiger charge is 2.44. The zero-order chi connectivity index (χ0) is 18.3. The standard InChI is InChI=1S/C21H24N2O3/c1-3-14-12-23-9-7-15(14)10-20(23)21(26-13(2)24)17-6-8-22-19-5-4-16(25)11-18(17)19/h3-6,8,11,14-15,20-21,25H,1,7,9-10,12H2,2H3/t14-,15-,20-,21-/m0/s1. The minimum absolute atomic E-state index is 0.141. The molecule has 4 heterocycles. The van der Waals surface area contributed by atoms with E-state index in [2.05, 4.69) is 22.5 Å². The highest BCUT2D eigenvalue weighted by Crippen LogP contribution is 2.43. The number of pyridine rings is 1. The van der Waals surface area contributed by atoms with Crippen molar-refractivity contribution in [3.8, 4) is 5.75 Å². The number of fused-ring (bicyclic) bond motifs is 4. The van der Waals surface area contributed by atoms with E-state index in [1.807, 2.05) is 6.07 Å². The maximum absolute atomic E-state index is 11.9. The Morgan fingerprint density at radius 2 is 2.31 bits per heavy atom. The van der Waals surface area contributed by atoms with Crippen LogP contribution in [-0.2, 0) is 9.53 Å². The lowest BCUT2D eigenvalue weighted by Gasteiger charge is -2.51. The lowest BCUT2D eigenvalue weighted by molar-refractivity contribution is -0.154. The summed E-state index contributed by atoms with van der Waals surface area (Å²) in [5.41, 5.74) is 1.70. The van der Waals surface area contributed by atoms with Gasteiger partial charge in [0.25, 0.3) is 0 Å². The van der Waals surface area contributed by atoms with Crippen molar-refractivity contribution < 1.29 is 14.6 Å². The second kappa shape index (κ2) is 6.72. The lowest BCUT2D eigenvalue weighted by atomic mass is 9.73. The van der Waals surface area contributed by atoms with Gasteiger partial charge in [-0.2, -0.15) is 0 Å². The van der Waals surface area contributed by atoms with Crippen LogP contribution in [0.3, 0.4) is 0 Å². The third-order valence-electron chi connectivity index (χ3n) is 5.86. The molecule has 0 radical (unpaired) electrons. The van der Waals surface area contributed by atoms with Gasteiger partial charge in [0.15, 0.2) is 0 Å². The van der Waals surface area contributed by atoms with E-state index in [1.165, 1.54) is 6.92 Å². The number of nitrogens with zero attached hydrogens (tertiary/aromatic N) is 2. The summed E-state index contributed by atoms with van der Waals surface area (Å²) >= 11 is 0. The van der Waals surface area contributed by atoms with Gasteiger partial charge in [0.2, 0.25) is 0 Å². The van der Waals surface area contributed by atoms with E-state index < -0.39 is 0 Å². The molecule has 0 spiro atoms. The van der Waals surface area contributed by atoms with Crippen LogP contribution in [0, 0.1) is 11.8 Å². The van der Waals surface area contributed by atoms with E-state index in [4.69, 9.17) is 4.74 Å². The van der Waals surface area contributed by atoms with Crippen LogP contribution in [0.4, 0.5) is 0 Å². The van der Waals surface area contributed by atoms with E-state index in [9.17, 15) is 9.90 Å². The highest BCUT2D eigenvalue weighted by molar-refractivity contribution is 5.84. The number of phenols is 1. The average molecular weight is 352 g/mol. The van der Waals surface area contributed by atoms with Gasteiger partial charge in [-0.15, -0.1) is 6.58 Å². The van der Waals surface area contributed by atoms with Gasteiger partial charge in [-0.3, -0.25) is 14.7 Å². The summed E-state index contributed by atoms with van der Waals surface area (Å²) in [6.07, 6.45) is 5.59. The van der Waals surface area contributed by atoms with Crippen molar-refractivity contribution in [2.24, 2.45) is 11.8 Å². The molecule has 0 aliphatic carbocycles. The molecule has 1 N–H and O–H groups in total. The maximum Gasteiger partial charge on any atom is 0.303 e. The minimum Gasteiger partial charge on any atom is -0.508 e. The van der Waals surface area contributed by atoms with E-state index in [0.717, 1.165) is 42.4 Å². The smallest absolute Gasteiger partial charge is 0.303 e. The molecule has 0 amide bonds. The van der Waals surface area contributed by atoms with Gasteiger partial charge in [-0.25, -0.2) is 0 Å². The first-order valence-electron chi connectivity index (χ1n) is 9.18. The second-order valence-electron chi connectivity index (χ2n) is 7.38. The molecule has 26 heavy (non-hydrogen) atoms. The highest BCUT2D eigenvalue weighted by atomic mass is 16.5. The van der Waals surface area contributed by atoms with Gasteiger partial charge in [-0.1, -0.05) is 6.08 Å². The normalized spacial score (nSPS) is 28.7. The van der Waals surface area contributed by atoms with Gasteiger partial charge >= 0.3 is 5.97 Å². The van der Waals surface area contributed by atoms with Crippen molar-refractivity contribution in [2.45, 2.75) is 31.9 Å². The summed E-state index contributed by atoms with van der Waals surface area (Å²) in [5, 5.41) is 10.8. The molecule has 3 aliphatic heterocycles. The predicted molar refractivity (Wildman–Crippen MR) is 99.7 cm³/mol. The first-order chi connectivity index (χ1) is 12.6. The zero-order valence-corrected chi connectivity index (χ0v) is 15.0. The molecular weight excluding hydrogens is 328 g/mol. The fraction of sp³-hybridized carbons (Fsp3) is 0.429. The monoisotopic (exact) mass is 352 g/mol. The number of rotatable bonds is 4. The van der Waals surface area contributed by atoms with Gasteiger partial charge < -0.3 is 9.84 Å². The third-order valence-corrected chi connectivity index (χ3v) is 5.86. The van der Waals surface area contributed by atoms with Crippen LogP contribution in [-0.4, -0.2) is 40.1 Å². The molecule has 3 fully saturated rings. The van der Waals surface area contributed by atoms with Crippen LogP contribution in [0.5, 0.6) is 5.75 Å². The molecule has 0 saturated carbocycles. The first kappa shape index (κ1) is 17.0. The Hall–Kier alpha value is -2.40. The van der Waals surface area contributed by atoms with Crippen LogP contribution in [0.25, 0.3) is 10.9 Å². The Kier molecular flexibility index (Phi) is 4.41. The molecule has 1 aromatic heterocycles. The van der Waals surface area contributed by atoms with Gasteiger partial charge in [0, 0.05) is 30.6 Å². The van der Waals surface area contributed by atoms with Crippen molar-refractivity contribution in [1.82, 2.24) is 9.88 Å². The molecule has 2 bridgehead atoms. The summed E-state index contributed by atoms with van der Waals surface area (Å²) in [6, 6.07) is 7.17. The Bertz CT molecular complexity index is 850. The molecule has 1 aromatic carbocycles. The van der Waals surface area contributed by atoms with Crippen molar-refractivity contribution in [3.63, 3.8) is 0 Å². The lowest BCUT2D eigenvalue weighted by Crippen LogP contribution is -2.55. The Balaban J connectivity index is 1.76. The van der Waals surface area contributed by atoms with Crippen molar-refractivity contribution in [3.05, 3.63) is 48.7 Å². The number of carbonyl (C=O) groups is 1. The fourth-order valence-electron chi connectivity index (χ4n) is 4.62. The number of hydrogen-bond acceptors (Lipinski definition) is 5. The summed E-state index contributed by atoms with van der Waals surface area (Å²) in [5.74, 6) is 0.992. The number of esters is 1. The summed E-state index contributed by atoms with van der Waals surface area (Å²) in [7, 11) is 0. The van der Waals surface area contributed by atoms with Crippen LogP contribution in [0.2, 0.25) is 0 Å². The maximum atomic E-state index is 11.9. The van der Waals surface area contributed by atoms with Crippen molar-refractivity contribution in [2.75, 3.05) is 13.1 Å². The molecule has 3 saturated heterocycles. The number of ether oxygens (including phenoxy) is 1. The topological polar surface area (TPSA) is 62.7 Å². The Morgan fingerprint density at radius 1 is 1.46 bits per heavy atom. The molecule has 2 aromatic rings. The van der Waals surface area contributed by atoms with E-state index >= 15 is 0 Å². The first-order valence-corrected chi connectivity index (χ1v) is 9.18. The summed E-state index contributed by atoms with van der Waals surface area (Å²) in [4.78, 5) is 18.7. The van der Waals surface area contributed by atoms with Gasteiger partial charge in [0.05, 0.1) is 11.6 Å². The predicted octanol–water partition coefficient (Wildman–Crippen LogP) is 3.44. The number of hydrogen-bond donors (Lipinski definition) is 1.